The molecule has 5 rings (SSSR count). The van der Waals surface area contributed by atoms with Crippen LogP contribution >= 0.6 is 0 Å². The first-order chi connectivity index (χ1) is 16.3. The molecule has 3 aromatic rings. The lowest BCUT2D eigenvalue weighted by molar-refractivity contribution is -0.0501. The number of aryl methyl sites for hydroxylation is 1. The summed E-state index contributed by atoms with van der Waals surface area (Å²) in [4.78, 5) is 15.6. The first-order valence-electron chi connectivity index (χ1n) is 11.2. The Morgan fingerprint density at radius 2 is 1.94 bits per heavy atom. The van der Waals surface area contributed by atoms with Crippen LogP contribution in [-0.2, 0) is 7.05 Å². The van der Waals surface area contributed by atoms with Crippen LogP contribution in [0.25, 0.3) is 11.3 Å². The maximum atomic E-state index is 13.6. The molecule has 9 nitrogen and oxygen atoms in total. The summed E-state index contributed by atoms with van der Waals surface area (Å²) in [5, 5.41) is 7.36. The highest BCUT2D eigenvalue weighted by molar-refractivity contribution is 5.69. The van der Waals surface area contributed by atoms with Crippen LogP contribution in [0.2, 0.25) is 0 Å². The number of anilines is 3. The SMILES string of the molecule is COc1cc(Nc2ncc3c(n2)N(C)C(C2CCC(F)(F)CC2)CO3)cnc1-c1cnn(C)c1. The van der Waals surface area contributed by atoms with Gasteiger partial charge in [-0.25, -0.2) is 13.8 Å². The summed E-state index contributed by atoms with van der Waals surface area (Å²) < 4.78 is 40.4. The number of nitrogens with zero attached hydrogens (tertiary/aromatic N) is 6. The van der Waals surface area contributed by atoms with E-state index >= 15 is 0 Å². The fraction of sp³-hybridized carbons (Fsp3) is 0.478. The molecule has 1 fully saturated rings. The second-order valence-electron chi connectivity index (χ2n) is 8.87. The highest BCUT2D eigenvalue weighted by atomic mass is 19.3. The molecule has 0 radical (unpaired) electrons. The molecule has 1 atom stereocenters. The lowest BCUT2D eigenvalue weighted by Gasteiger charge is -2.41. The van der Waals surface area contributed by atoms with Gasteiger partial charge >= 0.3 is 0 Å². The van der Waals surface area contributed by atoms with Gasteiger partial charge in [0, 0.05) is 44.8 Å². The minimum absolute atomic E-state index is 0.00752. The number of methoxy groups -OCH3 is 1. The van der Waals surface area contributed by atoms with Crippen molar-refractivity contribution in [1.29, 1.82) is 0 Å². The summed E-state index contributed by atoms with van der Waals surface area (Å²) in [6.07, 6.45) is 7.70. The summed E-state index contributed by atoms with van der Waals surface area (Å²) in [6, 6.07) is 1.82. The van der Waals surface area contributed by atoms with E-state index in [9.17, 15) is 8.78 Å². The van der Waals surface area contributed by atoms with Crippen LogP contribution in [0.1, 0.15) is 25.7 Å². The van der Waals surface area contributed by atoms with Gasteiger partial charge in [-0.3, -0.25) is 9.67 Å². The van der Waals surface area contributed by atoms with Crippen LogP contribution in [0.3, 0.4) is 0 Å². The van der Waals surface area contributed by atoms with E-state index in [1.165, 1.54) is 0 Å². The van der Waals surface area contributed by atoms with E-state index in [2.05, 4.69) is 25.4 Å². The normalized spacial score (nSPS) is 19.9. The largest absolute Gasteiger partial charge is 0.494 e. The van der Waals surface area contributed by atoms with Crippen molar-refractivity contribution in [2.24, 2.45) is 13.0 Å². The molecule has 2 aliphatic rings. The summed E-state index contributed by atoms with van der Waals surface area (Å²) in [5.41, 5.74) is 2.19. The standard InChI is InChI=1S/C23H27F2N7O2/c1-31-12-15(9-28-31)20-18(33-3)8-16(10-26-20)29-22-27-11-19-21(30-22)32(2)17(13-34-19)14-4-6-23(24,25)7-5-14/h8-12,14,17H,4-7,13H2,1-3H3,(H,27,29,30). The molecule has 1 aliphatic heterocycles. The fourth-order valence-corrected chi connectivity index (χ4v) is 4.68. The average molecular weight is 472 g/mol. The number of hydrogen-bond acceptors (Lipinski definition) is 8. The zero-order valence-corrected chi connectivity index (χ0v) is 19.3. The quantitative estimate of drug-likeness (QED) is 0.596. The molecule has 3 aromatic heterocycles. The number of pyridine rings is 1. The Hall–Kier alpha value is -3.50. The predicted molar refractivity (Wildman–Crippen MR) is 123 cm³/mol. The maximum Gasteiger partial charge on any atom is 0.248 e. The molecule has 1 unspecified atom stereocenters. The summed E-state index contributed by atoms with van der Waals surface area (Å²) in [5.74, 6) is -0.235. The van der Waals surface area contributed by atoms with Gasteiger partial charge in [0.2, 0.25) is 11.9 Å². The molecule has 0 bridgehead atoms. The summed E-state index contributed by atoms with van der Waals surface area (Å²) in [7, 11) is 5.36. The number of fused-ring (bicyclic) bond motifs is 1. The van der Waals surface area contributed by atoms with Crippen molar-refractivity contribution in [3.05, 3.63) is 30.9 Å². The molecule has 1 saturated carbocycles. The van der Waals surface area contributed by atoms with Crippen LogP contribution in [0.4, 0.5) is 26.2 Å². The number of likely N-dealkylation sites (N-methyl/N-ethyl adjacent to an activating group) is 1. The Balaban J connectivity index is 1.34. The van der Waals surface area contributed by atoms with E-state index in [1.807, 2.05) is 31.3 Å². The summed E-state index contributed by atoms with van der Waals surface area (Å²) >= 11 is 0. The molecular formula is C23H27F2N7O2. The Morgan fingerprint density at radius 1 is 1.15 bits per heavy atom. The van der Waals surface area contributed by atoms with Crippen molar-refractivity contribution >= 4 is 17.5 Å². The minimum Gasteiger partial charge on any atom is -0.494 e. The van der Waals surface area contributed by atoms with Gasteiger partial charge < -0.3 is 19.7 Å². The number of hydrogen-bond donors (Lipinski definition) is 1. The van der Waals surface area contributed by atoms with E-state index in [0.29, 0.717) is 54.1 Å². The second kappa shape index (κ2) is 8.69. The van der Waals surface area contributed by atoms with Gasteiger partial charge in [0.1, 0.15) is 18.1 Å². The van der Waals surface area contributed by atoms with Crippen molar-refractivity contribution in [3.63, 3.8) is 0 Å². The Kier molecular flexibility index (Phi) is 5.70. The fourth-order valence-electron chi connectivity index (χ4n) is 4.68. The minimum atomic E-state index is -2.55. The lowest BCUT2D eigenvalue weighted by Crippen LogP contribution is -2.47. The Morgan fingerprint density at radius 3 is 2.65 bits per heavy atom. The van der Waals surface area contributed by atoms with E-state index in [-0.39, 0.29) is 24.8 Å². The third kappa shape index (κ3) is 4.34. The monoisotopic (exact) mass is 471 g/mol. The van der Waals surface area contributed by atoms with Gasteiger partial charge in [0.25, 0.3) is 0 Å². The summed E-state index contributed by atoms with van der Waals surface area (Å²) in [6.45, 7) is 0.437. The van der Waals surface area contributed by atoms with E-state index in [0.717, 1.165) is 5.56 Å². The van der Waals surface area contributed by atoms with Gasteiger partial charge in [0.05, 0.1) is 37.4 Å². The third-order valence-corrected chi connectivity index (χ3v) is 6.59. The van der Waals surface area contributed by atoms with Crippen LogP contribution in [0, 0.1) is 5.92 Å². The first kappa shape index (κ1) is 22.3. The molecule has 0 spiro atoms. The van der Waals surface area contributed by atoms with Gasteiger partial charge in [-0.1, -0.05) is 0 Å². The van der Waals surface area contributed by atoms with Crippen LogP contribution in [-0.4, -0.2) is 57.5 Å². The first-order valence-corrected chi connectivity index (χ1v) is 11.2. The van der Waals surface area contributed by atoms with Crippen LogP contribution in [0.5, 0.6) is 11.5 Å². The highest BCUT2D eigenvalue weighted by Crippen LogP contribution is 2.42. The molecule has 11 heteroatoms. The van der Waals surface area contributed by atoms with E-state index in [1.54, 1.807) is 30.4 Å². The molecule has 34 heavy (non-hydrogen) atoms. The van der Waals surface area contributed by atoms with Crippen molar-refractivity contribution in [3.8, 4) is 22.8 Å². The zero-order valence-electron chi connectivity index (χ0n) is 19.3. The molecule has 0 saturated heterocycles. The molecular weight excluding hydrogens is 444 g/mol. The molecule has 180 valence electrons. The lowest BCUT2D eigenvalue weighted by atomic mass is 9.81. The molecule has 1 N–H and O–H groups in total. The molecule has 4 heterocycles. The van der Waals surface area contributed by atoms with Crippen LogP contribution < -0.4 is 19.7 Å². The average Bonchev–Trinajstić information content (AvgIpc) is 3.26. The molecule has 0 aromatic carbocycles. The topological polar surface area (TPSA) is 90.2 Å². The molecule has 0 amide bonds. The predicted octanol–water partition coefficient (Wildman–Crippen LogP) is 4.05. The number of aromatic nitrogens is 5. The maximum absolute atomic E-state index is 13.6. The van der Waals surface area contributed by atoms with Crippen molar-refractivity contribution in [2.75, 3.05) is 31.0 Å². The van der Waals surface area contributed by atoms with E-state index < -0.39 is 5.92 Å². The number of halogens is 2. The van der Waals surface area contributed by atoms with Crippen molar-refractivity contribution in [2.45, 2.75) is 37.6 Å². The highest BCUT2D eigenvalue weighted by Gasteiger charge is 2.41. The van der Waals surface area contributed by atoms with Gasteiger partial charge in [-0.2, -0.15) is 10.1 Å². The van der Waals surface area contributed by atoms with Crippen molar-refractivity contribution in [1.82, 2.24) is 24.7 Å². The third-order valence-electron chi connectivity index (χ3n) is 6.59. The molecule has 1 aliphatic carbocycles. The second-order valence-corrected chi connectivity index (χ2v) is 8.87. The number of alkyl halides is 2. The van der Waals surface area contributed by atoms with Crippen molar-refractivity contribution < 1.29 is 18.3 Å². The Bertz CT molecular complexity index is 1180. The van der Waals surface area contributed by atoms with Gasteiger partial charge in [-0.15, -0.1) is 0 Å². The number of ether oxygens (including phenoxy) is 2. The van der Waals surface area contributed by atoms with E-state index in [4.69, 9.17) is 9.47 Å². The van der Waals surface area contributed by atoms with Crippen LogP contribution in [0.15, 0.2) is 30.9 Å². The number of nitrogens with one attached hydrogen (secondary N) is 1. The van der Waals surface area contributed by atoms with Gasteiger partial charge in [0.15, 0.2) is 11.6 Å². The number of rotatable bonds is 5. The smallest absolute Gasteiger partial charge is 0.248 e. The van der Waals surface area contributed by atoms with Gasteiger partial charge in [-0.05, 0) is 18.8 Å². The zero-order chi connectivity index (χ0) is 23.9. The Labute approximate surface area is 196 Å².